The zero-order chi connectivity index (χ0) is 9.97. The molecule has 1 aliphatic carbocycles. The van der Waals surface area contributed by atoms with Crippen LogP contribution in [0.1, 0.15) is 19.8 Å². The van der Waals surface area contributed by atoms with Crippen molar-refractivity contribution in [2.24, 2.45) is 5.92 Å². The minimum atomic E-state index is 0.169. The molecule has 1 heterocycles. The molecule has 2 unspecified atom stereocenters. The molecule has 2 atom stereocenters. The highest BCUT2D eigenvalue weighted by Crippen LogP contribution is 2.35. The van der Waals surface area contributed by atoms with Gasteiger partial charge in [0.05, 0.1) is 6.20 Å². The molecule has 0 amide bonds. The van der Waals surface area contributed by atoms with Gasteiger partial charge in [0.2, 0.25) is 0 Å². The fourth-order valence-electron chi connectivity index (χ4n) is 1.63. The summed E-state index contributed by atoms with van der Waals surface area (Å²) in [6.45, 7) is 2.00. The van der Waals surface area contributed by atoms with E-state index in [0.717, 1.165) is 17.9 Å². The standard InChI is InChI=1S/C10H12N2OS/c1-7-8(13)2-3-9(7)14-10-6-11-4-5-12-10/h4-7,9H,2-3H2,1H3. The largest absolute Gasteiger partial charge is 0.299 e. The number of thioether (sulfide) groups is 1. The molecule has 0 aromatic carbocycles. The van der Waals surface area contributed by atoms with Crippen molar-refractivity contribution >= 4 is 17.5 Å². The van der Waals surface area contributed by atoms with Gasteiger partial charge in [-0.1, -0.05) is 6.92 Å². The Morgan fingerprint density at radius 3 is 2.93 bits per heavy atom. The van der Waals surface area contributed by atoms with Crippen LogP contribution < -0.4 is 0 Å². The van der Waals surface area contributed by atoms with Gasteiger partial charge in [-0.2, -0.15) is 0 Å². The van der Waals surface area contributed by atoms with Crippen LogP contribution >= 0.6 is 11.8 Å². The second-order valence-electron chi connectivity index (χ2n) is 3.49. The number of hydrogen-bond donors (Lipinski definition) is 0. The highest BCUT2D eigenvalue weighted by Gasteiger charge is 2.31. The molecule has 0 bridgehead atoms. The van der Waals surface area contributed by atoms with Crippen molar-refractivity contribution in [2.75, 3.05) is 0 Å². The summed E-state index contributed by atoms with van der Waals surface area (Å²) >= 11 is 1.67. The van der Waals surface area contributed by atoms with E-state index in [9.17, 15) is 4.79 Å². The van der Waals surface area contributed by atoms with E-state index in [0.29, 0.717) is 11.0 Å². The zero-order valence-electron chi connectivity index (χ0n) is 8.01. The Kier molecular flexibility index (Phi) is 2.82. The normalized spacial score (nSPS) is 26.8. The molecule has 1 aliphatic rings. The predicted molar refractivity (Wildman–Crippen MR) is 55.1 cm³/mol. The van der Waals surface area contributed by atoms with Crippen LogP contribution in [0.15, 0.2) is 23.6 Å². The van der Waals surface area contributed by atoms with Gasteiger partial charge < -0.3 is 0 Å². The molecule has 14 heavy (non-hydrogen) atoms. The Morgan fingerprint density at radius 2 is 2.36 bits per heavy atom. The van der Waals surface area contributed by atoms with Crippen LogP contribution in [0.5, 0.6) is 0 Å². The molecule has 1 aromatic rings. The van der Waals surface area contributed by atoms with Gasteiger partial charge in [0.25, 0.3) is 0 Å². The lowest BCUT2D eigenvalue weighted by Gasteiger charge is -2.11. The second-order valence-corrected chi connectivity index (χ2v) is 4.75. The maximum atomic E-state index is 11.3. The summed E-state index contributed by atoms with van der Waals surface area (Å²) in [5.41, 5.74) is 0. The molecule has 4 heteroatoms. The number of ketones is 1. The first-order chi connectivity index (χ1) is 6.77. The first-order valence-electron chi connectivity index (χ1n) is 4.73. The quantitative estimate of drug-likeness (QED) is 0.745. The van der Waals surface area contributed by atoms with Gasteiger partial charge in [-0.05, 0) is 6.42 Å². The molecule has 0 N–H and O–H groups in total. The van der Waals surface area contributed by atoms with Gasteiger partial charge in [0, 0.05) is 30.0 Å². The molecular formula is C10H12N2OS. The number of carbonyl (C=O) groups is 1. The summed E-state index contributed by atoms with van der Waals surface area (Å²) in [4.78, 5) is 19.5. The summed E-state index contributed by atoms with van der Waals surface area (Å²) in [5.74, 6) is 0.549. The van der Waals surface area contributed by atoms with Crippen LogP contribution in [0.25, 0.3) is 0 Å². The van der Waals surface area contributed by atoms with Crippen LogP contribution in [0, 0.1) is 5.92 Å². The SMILES string of the molecule is CC1C(=O)CCC1Sc1cnccn1. The van der Waals surface area contributed by atoms with Crippen LogP contribution in [0.4, 0.5) is 0 Å². The lowest BCUT2D eigenvalue weighted by atomic mass is 10.1. The summed E-state index contributed by atoms with van der Waals surface area (Å²) in [7, 11) is 0. The number of hydrogen-bond acceptors (Lipinski definition) is 4. The van der Waals surface area contributed by atoms with Crippen LogP contribution in [-0.2, 0) is 4.79 Å². The summed E-state index contributed by atoms with van der Waals surface area (Å²) < 4.78 is 0. The van der Waals surface area contributed by atoms with Gasteiger partial charge in [0.1, 0.15) is 10.8 Å². The van der Waals surface area contributed by atoms with Crippen molar-refractivity contribution in [1.82, 2.24) is 9.97 Å². The Labute approximate surface area is 87.3 Å². The van der Waals surface area contributed by atoms with Crippen molar-refractivity contribution in [1.29, 1.82) is 0 Å². The third kappa shape index (κ3) is 1.95. The lowest BCUT2D eigenvalue weighted by Crippen LogP contribution is -2.12. The van der Waals surface area contributed by atoms with E-state index < -0.39 is 0 Å². The van der Waals surface area contributed by atoms with Gasteiger partial charge in [-0.25, -0.2) is 4.98 Å². The van der Waals surface area contributed by atoms with E-state index in [1.165, 1.54) is 0 Å². The fourth-order valence-corrected chi connectivity index (χ4v) is 2.78. The van der Waals surface area contributed by atoms with Gasteiger partial charge in [0.15, 0.2) is 0 Å². The Morgan fingerprint density at radius 1 is 1.50 bits per heavy atom. The molecule has 0 aliphatic heterocycles. The van der Waals surface area contributed by atoms with Crippen molar-refractivity contribution in [3.05, 3.63) is 18.6 Å². The average molecular weight is 208 g/mol. The maximum Gasteiger partial charge on any atom is 0.136 e. The fraction of sp³-hybridized carbons (Fsp3) is 0.500. The first kappa shape index (κ1) is 9.65. The van der Waals surface area contributed by atoms with Gasteiger partial charge in [-0.3, -0.25) is 9.78 Å². The van der Waals surface area contributed by atoms with Gasteiger partial charge >= 0.3 is 0 Å². The van der Waals surface area contributed by atoms with Crippen molar-refractivity contribution in [2.45, 2.75) is 30.0 Å². The molecule has 2 rings (SSSR count). The van der Waals surface area contributed by atoms with E-state index in [2.05, 4.69) is 9.97 Å². The van der Waals surface area contributed by atoms with Gasteiger partial charge in [-0.15, -0.1) is 11.8 Å². The second kappa shape index (κ2) is 4.09. The molecule has 74 valence electrons. The number of Topliss-reactive ketones (excluding diaryl/α,β-unsaturated/α-hetero) is 1. The maximum absolute atomic E-state index is 11.3. The molecule has 0 spiro atoms. The third-order valence-corrected chi connectivity index (χ3v) is 3.95. The van der Waals surface area contributed by atoms with Crippen LogP contribution in [0.3, 0.4) is 0 Å². The first-order valence-corrected chi connectivity index (χ1v) is 5.60. The minimum absolute atomic E-state index is 0.169. The van der Waals surface area contributed by atoms with Crippen molar-refractivity contribution < 1.29 is 4.79 Å². The molecular weight excluding hydrogens is 196 g/mol. The molecule has 0 radical (unpaired) electrons. The molecule has 1 fully saturated rings. The molecule has 0 saturated heterocycles. The topological polar surface area (TPSA) is 42.9 Å². The predicted octanol–water partition coefficient (Wildman–Crippen LogP) is 1.94. The lowest BCUT2D eigenvalue weighted by molar-refractivity contribution is -0.120. The minimum Gasteiger partial charge on any atom is -0.299 e. The molecule has 1 aromatic heterocycles. The number of rotatable bonds is 2. The van der Waals surface area contributed by atoms with E-state index >= 15 is 0 Å². The summed E-state index contributed by atoms with van der Waals surface area (Å²) in [5, 5.41) is 1.30. The third-order valence-electron chi connectivity index (χ3n) is 2.55. The van der Waals surface area contributed by atoms with Crippen molar-refractivity contribution in [3.63, 3.8) is 0 Å². The highest BCUT2D eigenvalue weighted by molar-refractivity contribution is 7.99. The van der Waals surface area contributed by atoms with Crippen molar-refractivity contribution in [3.8, 4) is 0 Å². The molecule has 3 nitrogen and oxygen atoms in total. The van der Waals surface area contributed by atoms with E-state index in [1.54, 1.807) is 30.4 Å². The monoisotopic (exact) mass is 208 g/mol. The number of aromatic nitrogens is 2. The van der Waals surface area contributed by atoms with Crippen LogP contribution in [0.2, 0.25) is 0 Å². The smallest absolute Gasteiger partial charge is 0.136 e. The van der Waals surface area contributed by atoms with Crippen LogP contribution in [-0.4, -0.2) is 21.0 Å². The van der Waals surface area contributed by atoms with E-state index in [1.807, 2.05) is 6.92 Å². The summed E-state index contributed by atoms with van der Waals surface area (Å²) in [6, 6.07) is 0. The average Bonchev–Trinajstić information content (AvgIpc) is 2.52. The Balaban J connectivity index is 2.02. The Hall–Kier alpha value is -0.900. The highest BCUT2D eigenvalue weighted by atomic mass is 32.2. The number of nitrogens with zero attached hydrogens (tertiary/aromatic N) is 2. The molecule has 1 saturated carbocycles. The Bertz CT molecular complexity index is 328. The van der Waals surface area contributed by atoms with E-state index in [-0.39, 0.29) is 5.92 Å². The summed E-state index contributed by atoms with van der Waals surface area (Å²) in [6.07, 6.45) is 6.79. The zero-order valence-corrected chi connectivity index (χ0v) is 8.83. The number of carbonyl (C=O) groups excluding carboxylic acids is 1. The van der Waals surface area contributed by atoms with E-state index in [4.69, 9.17) is 0 Å².